The van der Waals surface area contributed by atoms with Crippen LogP contribution >= 0.6 is 0 Å². The number of hydrogen-bond acceptors (Lipinski definition) is 4. The van der Waals surface area contributed by atoms with Crippen LogP contribution in [0.2, 0.25) is 0 Å². The molecule has 2 aliphatic heterocycles. The SMILES string of the molecule is CCNC(=O)C1=C(C)/C(=C/C2=C(O)NC3=CC=C(F)C=C2C3)N=C1C. The zero-order chi connectivity index (χ0) is 18.1. The predicted molar refractivity (Wildman–Crippen MR) is 95.3 cm³/mol. The summed E-state index contributed by atoms with van der Waals surface area (Å²) in [7, 11) is 0. The van der Waals surface area contributed by atoms with Gasteiger partial charge in [0.05, 0.1) is 17.0 Å². The Balaban J connectivity index is 2.04. The molecule has 0 fully saturated rings. The van der Waals surface area contributed by atoms with Crippen molar-refractivity contribution in [1.29, 1.82) is 0 Å². The molecule has 0 unspecified atom stereocenters. The molecule has 2 heterocycles. The van der Waals surface area contributed by atoms with Gasteiger partial charge in [-0.15, -0.1) is 0 Å². The van der Waals surface area contributed by atoms with Crippen LogP contribution in [-0.2, 0) is 4.79 Å². The summed E-state index contributed by atoms with van der Waals surface area (Å²) in [6.45, 7) is 5.98. The van der Waals surface area contributed by atoms with Gasteiger partial charge in [-0.1, -0.05) is 0 Å². The number of aliphatic hydroxyl groups excluding tert-OH is 1. The molecule has 1 aliphatic carbocycles. The minimum Gasteiger partial charge on any atom is -0.494 e. The number of aliphatic hydroxyl groups is 1. The molecule has 3 aliphatic rings. The monoisotopic (exact) mass is 341 g/mol. The average Bonchev–Trinajstić information content (AvgIpc) is 2.72. The maximum atomic E-state index is 13.8. The number of amides is 1. The van der Waals surface area contributed by atoms with Crippen LogP contribution in [0.3, 0.4) is 0 Å². The number of nitrogens with one attached hydrogen (secondary N) is 2. The number of halogens is 1. The molecule has 25 heavy (non-hydrogen) atoms. The normalized spacial score (nSPS) is 21.4. The molecule has 0 saturated carbocycles. The molecule has 0 atom stereocenters. The molecule has 0 saturated heterocycles. The molecular formula is C19H20FN3O2. The van der Waals surface area contributed by atoms with E-state index in [1.807, 2.05) is 13.8 Å². The fourth-order valence-electron chi connectivity index (χ4n) is 3.08. The minimum absolute atomic E-state index is 0.0496. The van der Waals surface area contributed by atoms with Crippen molar-refractivity contribution in [3.05, 3.63) is 69.7 Å². The van der Waals surface area contributed by atoms with E-state index in [4.69, 9.17) is 0 Å². The number of rotatable bonds is 3. The summed E-state index contributed by atoms with van der Waals surface area (Å²) in [5.41, 5.74) is 4.34. The van der Waals surface area contributed by atoms with E-state index in [9.17, 15) is 14.3 Å². The van der Waals surface area contributed by atoms with Gasteiger partial charge in [0.2, 0.25) is 0 Å². The van der Waals surface area contributed by atoms with E-state index in [1.165, 1.54) is 12.2 Å². The Morgan fingerprint density at radius 2 is 2.20 bits per heavy atom. The Morgan fingerprint density at radius 3 is 2.92 bits per heavy atom. The minimum atomic E-state index is -0.376. The summed E-state index contributed by atoms with van der Waals surface area (Å²) in [4.78, 5) is 16.7. The zero-order valence-electron chi connectivity index (χ0n) is 14.4. The summed E-state index contributed by atoms with van der Waals surface area (Å²) < 4.78 is 13.8. The van der Waals surface area contributed by atoms with E-state index in [2.05, 4.69) is 15.6 Å². The summed E-state index contributed by atoms with van der Waals surface area (Å²) in [6.07, 6.45) is 6.54. The number of nitrogens with zero attached hydrogens (tertiary/aromatic N) is 1. The highest BCUT2D eigenvalue weighted by Gasteiger charge is 2.26. The number of allylic oxidation sites excluding steroid dienone is 8. The summed E-state index contributed by atoms with van der Waals surface area (Å²) >= 11 is 0. The van der Waals surface area contributed by atoms with Crippen molar-refractivity contribution in [3.8, 4) is 0 Å². The van der Waals surface area contributed by atoms with Crippen LogP contribution in [-0.4, -0.2) is 23.3 Å². The van der Waals surface area contributed by atoms with E-state index < -0.39 is 0 Å². The highest BCUT2D eigenvalue weighted by Crippen LogP contribution is 2.34. The molecule has 130 valence electrons. The van der Waals surface area contributed by atoms with Gasteiger partial charge in [-0.2, -0.15) is 0 Å². The lowest BCUT2D eigenvalue weighted by atomic mass is 9.96. The first-order chi connectivity index (χ1) is 11.9. The molecule has 0 radical (unpaired) electrons. The van der Waals surface area contributed by atoms with Crippen molar-refractivity contribution in [2.45, 2.75) is 27.2 Å². The van der Waals surface area contributed by atoms with Crippen LogP contribution in [0.5, 0.6) is 0 Å². The topological polar surface area (TPSA) is 73.7 Å². The van der Waals surface area contributed by atoms with Gasteiger partial charge in [0.15, 0.2) is 5.88 Å². The van der Waals surface area contributed by atoms with Crippen LogP contribution in [0.15, 0.2) is 74.7 Å². The standard InChI is InChI=1S/C19H20FN3O2/c1-4-21-19(25)17-10(2)16(22-11(17)3)9-15-12-7-13(20)5-6-14(8-12)23-18(15)24/h5-7,9,23-24H,4,8H2,1-3H3,(H,21,25)/b16-9-. The van der Waals surface area contributed by atoms with E-state index in [1.54, 1.807) is 19.1 Å². The Labute approximate surface area is 145 Å². The molecule has 0 aromatic rings. The zero-order valence-corrected chi connectivity index (χ0v) is 14.4. The van der Waals surface area contributed by atoms with Crippen LogP contribution in [0.25, 0.3) is 0 Å². The van der Waals surface area contributed by atoms with Crippen LogP contribution < -0.4 is 10.6 Å². The van der Waals surface area contributed by atoms with Gasteiger partial charge in [0.1, 0.15) is 5.83 Å². The van der Waals surface area contributed by atoms with Crippen molar-refractivity contribution in [3.63, 3.8) is 0 Å². The molecule has 0 aromatic carbocycles. The number of likely N-dealkylation sites (N-methyl/N-ethyl adjacent to an activating group) is 1. The summed E-state index contributed by atoms with van der Waals surface area (Å²) in [5.74, 6) is -0.595. The lowest BCUT2D eigenvalue weighted by molar-refractivity contribution is -0.116. The van der Waals surface area contributed by atoms with Gasteiger partial charge < -0.3 is 15.7 Å². The van der Waals surface area contributed by atoms with Crippen molar-refractivity contribution in [2.75, 3.05) is 6.54 Å². The number of fused-ring (bicyclic) bond motifs is 2. The van der Waals surface area contributed by atoms with Gasteiger partial charge in [-0.3, -0.25) is 9.79 Å². The quantitative estimate of drug-likeness (QED) is 0.738. The molecule has 0 aromatic heterocycles. The highest BCUT2D eigenvalue weighted by molar-refractivity contribution is 6.23. The molecule has 5 nitrogen and oxygen atoms in total. The highest BCUT2D eigenvalue weighted by atomic mass is 19.1. The van der Waals surface area contributed by atoms with E-state index in [0.717, 1.165) is 11.3 Å². The molecule has 1 amide bonds. The molecule has 0 spiro atoms. The van der Waals surface area contributed by atoms with Crippen molar-refractivity contribution < 1.29 is 14.3 Å². The Kier molecular flexibility index (Phi) is 4.44. The van der Waals surface area contributed by atoms with Crippen LogP contribution in [0.1, 0.15) is 27.2 Å². The molecule has 6 heteroatoms. The van der Waals surface area contributed by atoms with Crippen LogP contribution in [0, 0.1) is 0 Å². The first-order valence-electron chi connectivity index (χ1n) is 8.15. The number of hydrogen-bond donors (Lipinski definition) is 3. The van der Waals surface area contributed by atoms with Crippen molar-refractivity contribution in [1.82, 2.24) is 10.6 Å². The van der Waals surface area contributed by atoms with Crippen molar-refractivity contribution in [2.24, 2.45) is 4.99 Å². The van der Waals surface area contributed by atoms with E-state index in [0.29, 0.717) is 41.1 Å². The third kappa shape index (κ3) is 3.20. The lowest BCUT2D eigenvalue weighted by Crippen LogP contribution is -2.27. The van der Waals surface area contributed by atoms with Crippen LogP contribution in [0.4, 0.5) is 4.39 Å². The van der Waals surface area contributed by atoms with Crippen molar-refractivity contribution >= 4 is 11.6 Å². The van der Waals surface area contributed by atoms with Gasteiger partial charge in [-0.05, 0) is 56.2 Å². The average molecular weight is 341 g/mol. The Bertz CT molecular complexity index is 867. The lowest BCUT2D eigenvalue weighted by Gasteiger charge is -2.21. The molecular weight excluding hydrogens is 321 g/mol. The Hall–Kier alpha value is -2.89. The molecule has 3 N–H and O–H groups in total. The van der Waals surface area contributed by atoms with E-state index >= 15 is 0 Å². The second-order valence-electron chi connectivity index (χ2n) is 6.06. The predicted octanol–water partition coefficient (Wildman–Crippen LogP) is 3.24. The van der Waals surface area contributed by atoms with Gasteiger partial charge >= 0.3 is 0 Å². The van der Waals surface area contributed by atoms with Gasteiger partial charge in [0.25, 0.3) is 5.91 Å². The fourth-order valence-corrected chi connectivity index (χ4v) is 3.08. The smallest absolute Gasteiger partial charge is 0.253 e. The number of carbonyl (C=O) groups excluding carboxylic acids is 1. The van der Waals surface area contributed by atoms with Gasteiger partial charge in [0, 0.05) is 24.2 Å². The number of aliphatic imine (C=N–C) groups is 1. The Morgan fingerprint density at radius 1 is 1.44 bits per heavy atom. The summed E-state index contributed by atoms with van der Waals surface area (Å²) in [5, 5.41) is 16.0. The first kappa shape index (κ1) is 17.0. The second kappa shape index (κ2) is 6.55. The maximum absolute atomic E-state index is 13.8. The number of carbonyl (C=O) groups is 1. The fraction of sp³-hybridized carbons (Fsp3) is 0.263. The second-order valence-corrected chi connectivity index (χ2v) is 6.06. The largest absolute Gasteiger partial charge is 0.494 e. The molecule has 2 bridgehead atoms. The van der Waals surface area contributed by atoms with E-state index in [-0.39, 0.29) is 17.6 Å². The first-order valence-corrected chi connectivity index (χ1v) is 8.15. The third-order valence-corrected chi connectivity index (χ3v) is 4.27. The summed E-state index contributed by atoms with van der Waals surface area (Å²) in [6, 6.07) is 0. The molecule has 3 rings (SSSR count). The maximum Gasteiger partial charge on any atom is 0.253 e. The third-order valence-electron chi connectivity index (χ3n) is 4.27. The van der Waals surface area contributed by atoms with Gasteiger partial charge in [-0.25, -0.2) is 4.39 Å².